The highest BCUT2D eigenvalue weighted by Crippen LogP contribution is 2.23. The molecule has 0 saturated carbocycles. The van der Waals surface area contributed by atoms with E-state index in [2.05, 4.69) is 5.32 Å². The molecule has 34 heavy (non-hydrogen) atoms. The fourth-order valence-corrected chi connectivity index (χ4v) is 3.59. The molecule has 1 aliphatic rings. The van der Waals surface area contributed by atoms with Gasteiger partial charge in [0, 0.05) is 6.42 Å². The highest BCUT2D eigenvalue weighted by atomic mass is 16.5. The molecule has 0 unspecified atom stereocenters. The Morgan fingerprint density at radius 2 is 1.47 bits per heavy atom. The number of ether oxygens (including phenoxy) is 2. The van der Waals surface area contributed by atoms with Gasteiger partial charge in [0.1, 0.15) is 5.75 Å². The summed E-state index contributed by atoms with van der Waals surface area (Å²) in [4.78, 5) is 50.9. The minimum atomic E-state index is -0.761. The minimum Gasteiger partial charge on any atom is -0.497 e. The molecule has 0 spiro atoms. The molecule has 0 aliphatic carbocycles. The first-order chi connectivity index (χ1) is 16.5. The summed E-state index contributed by atoms with van der Waals surface area (Å²) >= 11 is 0. The Bertz CT molecular complexity index is 1220. The number of anilines is 1. The number of hydrogen-bond acceptors (Lipinski definition) is 6. The topological polar surface area (TPSA) is 102 Å². The zero-order valence-corrected chi connectivity index (χ0v) is 18.4. The van der Waals surface area contributed by atoms with Gasteiger partial charge < -0.3 is 14.8 Å². The lowest BCUT2D eigenvalue weighted by atomic mass is 10.1. The molecule has 1 aliphatic heterocycles. The summed E-state index contributed by atoms with van der Waals surface area (Å²) in [6.07, 6.45) is 0.729. The number of imide groups is 1. The molecule has 0 aromatic heterocycles. The number of para-hydroxylation sites is 1. The second-order valence-corrected chi connectivity index (χ2v) is 7.59. The predicted molar refractivity (Wildman–Crippen MR) is 124 cm³/mol. The van der Waals surface area contributed by atoms with Gasteiger partial charge in [-0.25, -0.2) is 9.69 Å². The van der Waals surface area contributed by atoms with E-state index in [0.29, 0.717) is 6.42 Å². The van der Waals surface area contributed by atoms with Crippen molar-refractivity contribution >= 4 is 29.4 Å². The Kier molecular flexibility index (Phi) is 6.68. The van der Waals surface area contributed by atoms with Crippen LogP contribution in [-0.2, 0) is 16.0 Å². The van der Waals surface area contributed by atoms with Gasteiger partial charge in [0.15, 0.2) is 6.73 Å². The molecule has 0 fully saturated rings. The van der Waals surface area contributed by atoms with Crippen molar-refractivity contribution in [3.63, 3.8) is 0 Å². The maximum absolute atomic E-state index is 12.7. The maximum Gasteiger partial charge on any atom is 0.341 e. The van der Waals surface area contributed by atoms with Crippen molar-refractivity contribution in [1.82, 2.24) is 4.90 Å². The molecule has 0 bridgehead atoms. The van der Waals surface area contributed by atoms with Crippen molar-refractivity contribution < 1.29 is 28.7 Å². The van der Waals surface area contributed by atoms with Gasteiger partial charge in [-0.2, -0.15) is 0 Å². The Hall–Kier alpha value is -4.46. The summed E-state index contributed by atoms with van der Waals surface area (Å²) in [5, 5.41) is 2.73. The van der Waals surface area contributed by atoms with Crippen molar-refractivity contribution in [2.75, 3.05) is 19.2 Å². The molecule has 1 heterocycles. The first-order valence-electron chi connectivity index (χ1n) is 10.6. The zero-order valence-electron chi connectivity index (χ0n) is 18.4. The Balaban J connectivity index is 1.36. The van der Waals surface area contributed by atoms with E-state index in [1.807, 2.05) is 24.3 Å². The van der Waals surface area contributed by atoms with Crippen LogP contribution in [0.1, 0.15) is 43.1 Å². The Labute approximate surface area is 196 Å². The average molecular weight is 458 g/mol. The number of aryl methyl sites for hydroxylation is 1. The number of nitrogens with one attached hydrogen (secondary N) is 1. The number of carbonyl (C=O) groups excluding carboxylic acids is 4. The van der Waals surface area contributed by atoms with Crippen LogP contribution in [0.15, 0.2) is 72.8 Å². The number of amides is 3. The van der Waals surface area contributed by atoms with E-state index in [4.69, 9.17) is 9.47 Å². The zero-order chi connectivity index (χ0) is 24.1. The molecule has 0 saturated heterocycles. The van der Waals surface area contributed by atoms with E-state index in [1.165, 1.54) is 6.07 Å². The first-order valence-corrected chi connectivity index (χ1v) is 10.6. The van der Waals surface area contributed by atoms with Crippen LogP contribution < -0.4 is 10.1 Å². The monoisotopic (exact) mass is 458 g/mol. The second kappa shape index (κ2) is 9.99. The van der Waals surface area contributed by atoms with Crippen molar-refractivity contribution in [3.8, 4) is 5.75 Å². The molecule has 3 amide bonds. The van der Waals surface area contributed by atoms with Gasteiger partial charge in [-0.1, -0.05) is 36.4 Å². The number of nitrogens with zero attached hydrogens (tertiary/aromatic N) is 1. The van der Waals surface area contributed by atoms with Crippen molar-refractivity contribution in [3.05, 3.63) is 95.1 Å². The summed E-state index contributed by atoms with van der Waals surface area (Å²) < 4.78 is 10.4. The van der Waals surface area contributed by atoms with E-state index in [1.54, 1.807) is 49.6 Å². The quantitative estimate of drug-likeness (QED) is 0.408. The van der Waals surface area contributed by atoms with E-state index >= 15 is 0 Å². The highest BCUT2D eigenvalue weighted by Gasteiger charge is 2.36. The van der Waals surface area contributed by atoms with E-state index in [-0.39, 0.29) is 34.7 Å². The summed E-state index contributed by atoms with van der Waals surface area (Å²) in [5.41, 5.74) is 1.93. The van der Waals surface area contributed by atoms with Crippen LogP contribution in [-0.4, -0.2) is 42.4 Å². The van der Waals surface area contributed by atoms with Crippen molar-refractivity contribution in [2.45, 2.75) is 12.8 Å². The molecule has 172 valence electrons. The molecule has 4 rings (SSSR count). The van der Waals surface area contributed by atoms with Crippen LogP contribution in [0.5, 0.6) is 5.75 Å². The van der Waals surface area contributed by atoms with Gasteiger partial charge in [-0.3, -0.25) is 14.4 Å². The minimum absolute atomic E-state index is 0.122. The smallest absolute Gasteiger partial charge is 0.341 e. The lowest BCUT2D eigenvalue weighted by molar-refractivity contribution is -0.116. The average Bonchev–Trinajstić information content (AvgIpc) is 3.11. The normalized spacial score (nSPS) is 12.3. The molecule has 0 atom stereocenters. The van der Waals surface area contributed by atoms with Crippen molar-refractivity contribution in [1.29, 1.82) is 0 Å². The lowest BCUT2D eigenvalue weighted by Gasteiger charge is -2.15. The van der Waals surface area contributed by atoms with Gasteiger partial charge in [0.05, 0.1) is 29.5 Å². The molecular formula is C26H22N2O6. The predicted octanol–water partition coefficient (Wildman–Crippen LogP) is 3.68. The first kappa shape index (κ1) is 22.7. The standard InChI is InChI=1S/C26H22N2O6/c1-33-18-13-10-17(11-14-18)12-15-23(29)27-22-9-5-4-8-21(22)26(32)34-16-28-24(30)19-6-2-3-7-20(19)25(28)31/h2-11,13-14H,12,15-16H2,1H3,(H,27,29). The number of methoxy groups -OCH3 is 1. The Morgan fingerprint density at radius 1 is 0.853 bits per heavy atom. The van der Waals surface area contributed by atoms with Gasteiger partial charge in [0.25, 0.3) is 11.8 Å². The van der Waals surface area contributed by atoms with E-state index in [9.17, 15) is 19.2 Å². The van der Waals surface area contributed by atoms with Crippen molar-refractivity contribution in [2.24, 2.45) is 0 Å². The van der Waals surface area contributed by atoms with Crippen LogP contribution >= 0.6 is 0 Å². The summed E-state index contributed by atoms with van der Waals surface area (Å²) in [6.45, 7) is -0.523. The van der Waals surface area contributed by atoms with Gasteiger partial charge >= 0.3 is 5.97 Å². The number of rotatable bonds is 8. The van der Waals surface area contributed by atoms with Gasteiger partial charge in [0.2, 0.25) is 5.91 Å². The number of benzene rings is 3. The molecule has 8 heteroatoms. The summed E-state index contributed by atoms with van der Waals surface area (Å²) in [6, 6.07) is 20.2. The summed E-state index contributed by atoms with van der Waals surface area (Å²) in [7, 11) is 1.59. The molecule has 1 N–H and O–H groups in total. The van der Waals surface area contributed by atoms with Crippen LogP contribution in [0.4, 0.5) is 5.69 Å². The fraction of sp³-hybridized carbons (Fsp3) is 0.154. The SMILES string of the molecule is COc1ccc(CCC(=O)Nc2ccccc2C(=O)OCN2C(=O)c3ccccc3C2=O)cc1. The lowest BCUT2D eigenvalue weighted by Crippen LogP contribution is -2.33. The van der Waals surface area contributed by atoms with E-state index in [0.717, 1.165) is 16.2 Å². The molecule has 0 radical (unpaired) electrons. The molecule has 3 aromatic carbocycles. The molecule has 8 nitrogen and oxygen atoms in total. The molecular weight excluding hydrogens is 436 g/mol. The van der Waals surface area contributed by atoms with Gasteiger partial charge in [-0.05, 0) is 48.4 Å². The highest BCUT2D eigenvalue weighted by molar-refractivity contribution is 6.21. The third kappa shape index (κ3) is 4.80. The summed E-state index contributed by atoms with van der Waals surface area (Å²) in [5.74, 6) is -1.33. The third-order valence-corrected chi connectivity index (χ3v) is 5.42. The maximum atomic E-state index is 12.7. The fourth-order valence-electron chi connectivity index (χ4n) is 3.59. The number of hydrogen-bond donors (Lipinski definition) is 1. The second-order valence-electron chi connectivity index (χ2n) is 7.59. The van der Waals surface area contributed by atoms with E-state index < -0.39 is 24.5 Å². The van der Waals surface area contributed by atoms with Crippen LogP contribution in [0.3, 0.4) is 0 Å². The Morgan fingerprint density at radius 3 is 2.12 bits per heavy atom. The van der Waals surface area contributed by atoms with Crippen LogP contribution in [0, 0.1) is 0 Å². The number of fused-ring (bicyclic) bond motifs is 1. The van der Waals surface area contributed by atoms with Gasteiger partial charge in [-0.15, -0.1) is 0 Å². The largest absolute Gasteiger partial charge is 0.497 e. The van der Waals surface area contributed by atoms with Crippen LogP contribution in [0.2, 0.25) is 0 Å². The number of esters is 1. The molecule has 3 aromatic rings. The number of carbonyl (C=O) groups is 4. The van der Waals surface area contributed by atoms with Crippen LogP contribution in [0.25, 0.3) is 0 Å². The third-order valence-electron chi connectivity index (χ3n) is 5.42.